The third kappa shape index (κ3) is 3.63. The van der Waals surface area contributed by atoms with Crippen LogP contribution >= 0.6 is 0 Å². The van der Waals surface area contributed by atoms with Gasteiger partial charge in [-0.1, -0.05) is 31.2 Å². The summed E-state index contributed by atoms with van der Waals surface area (Å²) in [6, 6.07) is 20.7. The molecule has 2 fully saturated rings. The zero-order valence-corrected chi connectivity index (χ0v) is 19.8. The molecule has 0 spiro atoms. The van der Waals surface area contributed by atoms with Gasteiger partial charge in [-0.2, -0.15) is 5.26 Å². The van der Waals surface area contributed by atoms with Gasteiger partial charge in [-0.15, -0.1) is 0 Å². The number of anilines is 1. The highest BCUT2D eigenvalue weighted by molar-refractivity contribution is 6.08. The van der Waals surface area contributed by atoms with Crippen LogP contribution in [0.2, 0.25) is 0 Å². The third-order valence-electron chi connectivity index (χ3n) is 7.53. The van der Waals surface area contributed by atoms with E-state index in [0.717, 1.165) is 42.5 Å². The topological polar surface area (TPSA) is 58.3 Å². The van der Waals surface area contributed by atoms with E-state index in [9.17, 15) is 10.1 Å². The molecular formula is C28H31N3O2. The summed E-state index contributed by atoms with van der Waals surface area (Å²) in [6.07, 6.45) is 2.73. The Kier molecular flexibility index (Phi) is 5.10. The van der Waals surface area contributed by atoms with Gasteiger partial charge in [0.25, 0.3) is 5.91 Å². The first kappa shape index (κ1) is 21.7. The molecule has 5 nitrogen and oxygen atoms in total. The van der Waals surface area contributed by atoms with E-state index < -0.39 is 5.54 Å². The molecule has 1 saturated carbocycles. The smallest absolute Gasteiger partial charge is 0.274 e. The van der Waals surface area contributed by atoms with Crippen LogP contribution in [0.5, 0.6) is 0 Å². The molecule has 0 N–H and O–H groups in total. The Hall–Kier alpha value is -3.10. The lowest BCUT2D eigenvalue weighted by Crippen LogP contribution is -2.33. The number of para-hydroxylation sites is 1. The van der Waals surface area contributed by atoms with Crippen molar-refractivity contribution >= 4 is 22.5 Å². The molecule has 1 amide bonds. The van der Waals surface area contributed by atoms with Crippen LogP contribution in [0.3, 0.4) is 0 Å². The number of nitriles is 1. The molecule has 3 aromatic rings. The zero-order valence-electron chi connectivity index (χ0n) is 19.8. The van der Waals surface area contributed by atoms with Crippen LogP contribution in [0, 0.1) is 17.2 Å². The Bertz CT molecular complexity index is 1250. The summed E-state index contributed by atoms with van der Waals surface area (Å²) in [5.41, 5.74) is 2.86. The van der Waals surface area contributed by atoms with Crippen LogP contribution in [0.25, 0.3) is 10.9 Å². The van der Waals surface area contributed by atoms with Gasteiger partial charge in [-0.3, -0.25) is 4.79 Å². The maximum absolute atomic E-state index is 13.7. The quantitative estimate of drug-likeness (QED) is 0.510. The molecule has 1 aromatic heterocycles. The Morgan fingerprint density at radius 1 is 1.15 bits per heavy atom. The van der Waals surface area contributed by atoms with E-state index in [1.54, 1.807) is 11.9 Å². The van der Waals surface area contributed by atoms with Crippen molar-refractivity contribution in [2.24, 2.45) is 5.92 Å². The fraction of sp³-hybridized carbons (Fsp3) is 0.429. The molecule has 33 heavy (non-hydrogen) atoms. The Balaban J connectivity index is 1.61. The van der Waals surface area contributed by atoms with Gasteiger partial charge in [0.15, 0.2) is 0 Å². The Morgan fingerprint density at radius 2 is 1.88 bits per heavy atom. The monoisotopic (exact) mass is 441 g/mol. The van der Waals surface area contributed by atoms with Crippen LogP contribution < -0.4 is 4.90 Å². The summed E-state index contributed by atoms with van der Waals surface area (Å²) in [7, 11) is 1.80. The highest BCUT2D eigenvalue weighted by Gasteiger charge is 2.55. The van der Waals surface area contributed by atoms with Gasteiger partial charge < -0.3 is 14.2 Å². The number of benzene rings is 2. The van der Waals surface area contributed by atoms with Crippen molar-refractivity contribution in [3.8, 4) is 6.07 Å². The molecule has 1 saturated heterocycles. The molecule has 1 aliphatic carbocycles. The van der Waals surface area contributed by atoms with Crippen molar-refractivity contribution in [1.82, 2.24) is 4.57 Å². The number of ether oxygens (including phenoxy) is 1. The summed E-state index contributed by atoms with van der Waals surface area (Å²) in [4.78, 5) is 15.4. The molecule has 0 bridgehead atoms. The van der Waals surface area contributed by atoms with E-state index >= 15 is 0 Å². The minimum Gasteiger partial charge on any atom is -0.376 e. The Labute approximate surface area is 195 Å². The number of amides is 1. The lowest BCUT2D eigenvalue weighted by Gasteiger charge is -2.35. The molecule has 0 radical (unpaired) electrons. The number of rotatable bonds is 4. The van der Waals surface area contributed by atoms with E-state index in [-0.39, 0.29) is 17.4 Å². The summed E-state index contributed by atoms with van der Waals surface area (Å²) in [5, 5.41) is 11.1. The van der Waals surface area contributed by atoms with E-state index in [0.29, 0.717) is 11.6 Å². The fourth-order valence-electron chi connectivity index (χ4n) is 5.46. The van der Waals surface area contributed by atoms with Gasteiger partial charge in [0.2, 0.25) is 0 Å². The predicted octanol–water partition coefficient (Wildman–Crippen LogP) is 5.85. The number of carbonyl (C=O) groups is 1. The van der Waals surface area contributed by atoms with Gasteiger partial charge in [0, 0.05) is 24.7 Å². The van der Waals surface area contributed by atoms with Gasteiger partial charge in [0.05, 0.1) is 17.2 Å². The molecule has 2 aliphatic rings. The van der Waals surface area contributed by atoms with Crippen molar-refractivity contribution in [2.75, 3.05) is 18.6 Å². The van der Waals surface area contributed by atoms with Crippen LogP contribution in [0.1, 0.15) is 62.0 Å². The maximum Gasteiger partial charge on any atom is 0.274 e. The van der Waals surface area contributed by atoms with Crippen LogP contribution in [-0.2, 0) is 10.3 Å². The molecule has 170 valence electrons. The van der Waals surface area contributed by atoms with Gasteiger partial charge in [-0.05, 0) is 80.8 Å². The lowest BCUT2D eigenvalue weighted by molar-refractivity contribution is -0.0592. The summed E-state index contributed by atoms with van der Waals surface area (Å²) >= 11 is 0. The highest BCUT2D eigenvalue weighted by Crippen LogP contribution is 2.52. The molecular weight excluding hydrogens is 410 g/mol. The van der Waals surface area contributed by atoms with E-state index in [4.69, 9.17) is 4.74 Å². The van der Waals surface area contributed by atoms with E-state index in [1.165, 1.54) is 5.56 Å². The predicted molar refractivity (Wildman–Crippen MR) is 130 cm³/mol. The number of aromatic nitrogens is 1. The number of carbonyl (C=O) groups excluding carboxylic acids is 1. The lowest BCUT2D eigenvalue weighted by atomic mass is 9.83. The first-order valence-corrected chi connectivity index (χ1v) is 11.8. The Morgan fingerprint density at radius 3 is 2.52 bits per heavy atom. The number of fused-ring (bicyclic) bond motifs is 1. The first-order valence-electron chi connectivity index (χ1n) is 11.8. The number of hydrogen-bond donors (Lipinski definition) is 0. The minimum absolute atomic E-state index is 0.0973. The molecule has 1 aliphatic heterocycles. The van der Waals surface area contributed by atoms with Gasteiger partial charge in [-0.25, -0.2) is 0 Å². The van der Waals surface area contributed by atoms with Crippen LogP contribution in [-0.4, -0.2) is 29.7 Å². The zero-order chi connectivity index (χ0) is 23.4. The maximum atomic E-state index is 13.7. The summed E-state index contributed by atoms with van der Waals surface area (Å²) in [5.74, 6) is 0.542. The molecule has 0 unspecified atom stereocenters. The van der Waals surface area contributed by atoms with Crippen molar-refractivity contribution < 1.29 is 9.53 Å². The second-order valence-corrected chi connectivity index (χ2v) is 10.3. The van der Waals surface area contributed by atoms with Crippen molar-refractivity contribution in [3.63, 3.8) is 0 Å². The van der Waals surface area contributed by atoms with Crippen LogP contribution in [0.15, 0.2) is 54.6 Å². The van der Waals surface area contributed by atoms with Crippen molar-refractivity contribution in [2.45, 2.75) is 57.1 Å². The molecule has 2 heterocycles. The number of hydrogen-bond acceptors (Lipinski definition) is 3. The second kappa shape index (κ2) is 7.74. The molecule has 5 rings (SSSR count). The van der Waals surface area contributed by atoms with Crippen molar-refractivity contribution in [1.29, 1.82) is 5.26 Å². The number of nitrogens with zero attached hydrogens (tertiary/aromatic N) is 3. The average molecular weight is 442 g/mol. The summed E-state index contributed by atoms with van der Waals surface area (Å²) < 4.78 is 7.92. The van der Waals surface area contributed by atoms with Crippen molar-refractivity contribution in [3.05, 3.63) is 65.9 Å². The molecule has 5 heteroatoms. The SMILES string of the molecule is C[C@@H]1C[C@]1(C#N)n1c(C(=O)N(C)c2ccccc2)cc2cc([C@H]3CCOC(C)(C)C3)ccc21. The van der Waals surface area contributed by atoms with E-state index in [1.807, 2.05) is 41.0 Å². The third-order valence-corrected chi connectivity index (χ3v) is 7.53. The standard InChI is InChI=1S/C28H31N3O2/c1-19-16-28(19,18-29)31-24-11-10-20(21-12-13-33-27(2,3)17-21)14-22(24)15-25(31)26(32)30(4)23-8-6-5-7-9-23/h5-11,14-15,19,21H,12-13,16-17H2,1-4H3/t19-,21+,28-/m1/s1. The van der Waals surface area contributed by atoms with Gasteiger partial charge >= 0.3 is 0 Å². The largest absolute Gasteiger partial charge is 0.376 e. The minimum atomic E-state index is -0.660. The van der Waals surface area contributed by atoms with Gasteiger partial charge in [0.1, 0.15) is 11.2 Å². The first-order chi connectivity index (χ1) is 15.8. The van der Waals surface area contributed by atoms with Crippen LogP contribution in [0.4, 0.5) is 5.69 Å². The average Bonchev–Trinajstić information content (AvgIpc) is 3.32. The second-order valence-electron chi connectivity index (χ2n) is 10.3. The normalized spacial score (nSPS) is 26.0. The summed E-state index contributed by atoms with van der Waals surface area (Å²) in [6.45, 7) is 7.14. The highest BCUT2D eigenvalue weighted by atomic mass is 16.5. The molecule has 2 aromatic carbocycles. The van der Waals surface area contributed by atoms with E-state index in [2.05, 4.69) is 45.0 Å². The fourth-order valence-corrected chi connectivity index (χ4v) is 5.46. The molecule has 3 atom stereocenters.